The number of carbonyl (C=O) groups is 2. The number of hydrogen-bond acceptors (Lipinski definition) is 7. The van der Waals surface area contributed by atoms with E-state index in [1.165, 1.54) is 23.2 Å². The predicted octanol–water partition coefficient (Wildman–Crippen LogP) is 1.91. The van der Waals surface area contributed by atoms with Crippen molar-refractivity contribution in [1.29, 1.82) is 0 Å². The maximum absolute atomic E-state index is 13.8. The number of carbonyl (C=O) groups excluding carboxylic acids is 2. The van der Waals surface area contributed by atoms with Crippen molar-refractivity contribution in [3.05, 3.63) is 66.4 Å². The molecule has 10 heteroatoms. The largest absolute Gasteiger partial charge is 0.487 e. The van der Waals surface area contributed by atoms with Crippen molar-refractivity contribution < 1.29 is 18.7 Å². The zero-order valence-corrected chi connectivity index (χ0v) is 15.9. The quantitative estimate of drug-likeness (QED) is 0.679. The summed E-state index contributed by atoms with van der Waals surface area (Å²) in [4.78, 5) is 30.9. The van der Waals surface area contributed by atoms with E-state index in [-0.39, 0.29) is 23.9 Å². The van der Waals surface area contributed by atoms with Crippen molar-refractivity contribution in [3.63, 3.8) is 0 Å². The molecule has 1 aliphatic heterocycles. The molecule has 9 nitrogen and oxygen atoms in total. The Morgan fingerprint density at radius 2 is 2.10 bits per heavy atom. The fourth-order valence-electron chi connectivity index (χ4n) is 2.93. The molecule has 2 N–H and O–H groups in total. The minimum Gasteiger partial charge on any atom is -0.487 e. The van der Waals surface area contributed by atoms with Gasteiger partial charge in [-0.15, -0.1) is 5.10 Å². The molecule has 30 heavy (non-hydrogen) atoms. The van der Waals surface area contributed by atoms with Gasteiger partial charge in [-0.25, -0.2) is 9.37 Å². The summed E-state index contributed by atoms with van der Waals surface area (Å²) in [6.07, 6.45) is 2.91. The van der Waals surface area contributed by atoms with Gasteiger partial charge in [-0.05, 0) is 30.3 Å². The smallest absolute Gasteiger partial charge is 0.272 e. The van der Waals surface area contributed by atoms with Crippen LogP contribution in [0.15, 0.2) is 54.9 Å². The number of halogens is 1. The molecule has 0 saturated heterocycles. The Morgan fingerprint density at radius 3 is 2.93 bits per heavy atom. The molecule has 0 radical (unpaired) electrons. The Hall–Kier alpha value is -4.08. The highest BCUT2D eigenvalue weighted by Gasteiger charge is 2.31. The standard InChI is InChI=1S/C20H17FN6O3/c1-27-18-17(7-4-8-22-18)30-11-16(20(27)29)25-19(28)15-9-12(10-23-26-15)24-14-6-3-2-5-13(14)21/h2-10,16H,11H2,1H3,(H,24,26)(H,25,28)/t16-/m0/s1. The van der Waals surface area contributed by atoms with Crippen LogP contribution in [0.25, 0.3) is 0 Å². The predicted molar refractivity (Wildman–Crippen MR) is 106 cm³/mol. The Balaban J connectivity index is 1.49. The van der Waals surface area contributed by atoms with Gasteiger partial charge in [-0.2, -0.15) is 5.10 Å². The van der Waals surface area contributed by atoms with Gasteiger partial charge in [0.25, 0.3) is 11.8 Å². The highest BCUT2D eigenvalue weighted by Crippen LogP contribution is 2.27. The second kappa shape index (κ2) is 8.11. The average molecular weight is 408 g/mol. The highest BCUT2D eigenvalue weighted by atomic mass is 19.1. The second-order valence-electron chi connectivity index (χ2n) is 6.49. The number of para-hydroxylation sites is 1. The summed E-state index contributed by atoms with van der Waals surface area (Å²) in [6, 6.07) is 9.97. The number of nitrogens with one attached hydrogen (secondary N) is 2. The van der Waals surface area contributed by atoms with E-state index in [9.17, 15) is 14.0 Å². The zero-order chi connectivity index (χ0) is 21.1. The fourth-order valence-corrected chi connectivity index (χ4v) is 2.93. The Morgan fingerprint density at radius 1 is 1.27 bits per heavy atom. The number of likely N-dealkylation sites (N-methyl/N-ethyl adjacent to an activating group) is 1. The fraction of sp³-hybridized carbons (Fsp3) is 0.150. The lowest BCUT2D eigenvalue weighted by atomic mass is 10.2. The van der Waals surface area contributed by atoms with Crippen molar-refractivity contribution >= 4 is 29.0 Å². The summed E-state index contributed by atoms with van der Waals surface area (Å²) >= 11 is 0. The van der Waals surface area contributed by atoms with Gasteiger partial charge in [-0.3, -0.25) is 14.5 Å². The number of fused-ring (bicyclic) bond motifs is 1. The van der Waals surface area contributed by atoms with Gasteiger partial charge in [0.1, 0.15) is 18.5 Å². The van der Waals surface area contributed by atoms with Gasteiger partial charge in [0, 0.05) is 13.2 Å². The molecule has 0 bridgehead atoms. The molecule has 3 aromatic rings. The van der Waals surface area contributed by atoms with E-state index in [0.29, 0.717) is 17.3 Å². The maximum Gasteiger partial charge on any atom is 0.272 e. The van der Waals surface area contributed by atoms with Crippen LogP contribution in [0, 0.1) is 5.82 Å². The van der Waals surface area contributed by atoms with Crippen LogP contribution in [-0.2, 0) is 4.79 Å². The number of anilines is 3. The molecule has 4 rings (SSSR count). The van der Waals surface area contributed by atoms with Crippen LogP contribution >= 0.6 is 0 Å². The first-order valence-corrected chi connectivity index (χ1v) is 9.03. The molecule has 1 aliphatic rings. The molecule has 0 unspecified atom stereocenters. The summed E-state index contributed by atoms with van der Waals surface area (Å²) in [5.74, 6) is -0.628. The number of aromatic nitrogens is 3. The minimum atomic E-state index is -0.943. The number of amides is 2. The van der Waals surface area contributed by atoms with Crippen molar-refractivity contribution in [2.45, 2.75) is 6.04 Å². The molecule has 1 atom stereocenters. The summed E-state index contributed by atoms with van der Waals surface area (Å²) in [6.45, 7) is -0.0613. The summed E-state index contributed by atoms with van der Waals surface area (Å²) in [5, 5.41) is 13.0. The Bertz CT molecular complexity index is 1110. The van der Waals surface area contributed by atoms with E-state index < -0.39 is 17.8 Å². The first kappa shape index (κ1) is 19.2. The van der Waals surface area contributed by atoms with Crippen LogP contribution in [-0.4, -0.2) is 46.7 Å². The lowest BCUT2D eigenvalue weighted by Gasteiger charge is -2.19. The monoisotopic (exact) mass is 408 g/mol. The number of pyridine rings is 1. The molecule has 3 heterocycles. The summed E-state index contributed by atoms with van der Waals surface area (Å²) < 4.78 is 19.5. The van der Waals surface area contributed by atoms with E-state index in [4.69, 9.17) is 4.74 Å². The van der Waals surface area contributed by atoms with Crippen molar-refractivity contribution in [2.24, 2.45) is 0 Å². The number of hydrogen-bond donors (Lipinski definition) is 2. The Labute approximate surface area is 170 Å². The molecule has 0 saturated carbocycles. The molecule has 2 aromatic heterocycles. The van der Waals surface area contributed by atoms with Gasteiger partial charge >= 0.3 is 0 Å². The van der Waals surface area contributed by atoms with Gasteiger partial charge in [-0.1, -0.05) is 12.1 Å². The van der Waals surface area contributed by atoms with Gasteiger partial charge in [0.15, 0.2) is 17.3 Å². The lowest BCUT2D eigenvalue weighted by Crippen LogP contribution is -2.49. The van der Waals surface area contributed by atoms with Crippen LogP contribution in [0.2, 0.25) is 0 Å². The van der Waals surface area contributed by atoms with Crippen LogP contribution in [0.5, 0.6) is 5.75 Å². The van der Waals surface area contributed by atoms with Crippen LogP contribution in [0.1, 0.15) is 10.5 Å². The number of benzene rings is 1. The third kappa shape index (κ3) is 3.88. The second-order valence-corrected chi connectivity index (χ2v) is 6.49. The lowest BCUT2D eigenvalue weighted by molar-refractivity contribution is -0.120. The summed E-state index contributed by atoms with van der Waals surface area (Å²) in [7, 11) is 1.56. The Kier molecular flexibility index (Phi) is 5.21. The molecule has 0 fully saturated rings. The van der Waals surface area contributed by atoms with Gasteiger partial charge in [0.05, 0.1) is 17.6 Å². The van der Waals surface area contributed by atoms with Crippen LogP contribution in [0.4, 0.5) is 21.6 Å². The first-order chi connectivity index (χ1) is 14.5. The van der Waals surface area contributed by atoms with E-state index in [1.807, 2.05) is 0 Å². The third-order valence-corrected chi connectivity index (χ3v) is 4.45. The topological polar surface area (TPSA) is 109 Å². The molecule has 0 spiro atoms. The van der Waals surface area contributed by atoms with E-state index in [2.05, 4.69) is 25.8 Å². The van der Waals surface area contributed by atoms with Gasteiger partial charge < -0.3 is 15.4 Å². The van der Waals surface area contributed by atoms with Gasteiger partial charge in [0.2, 0.25) is 0 Å². The molecule has 1 aromatic carbocycles. The van der Waals surface area contributed by atoms with E-state index >= 15 is 0 Å². The molecule has 2 amide bonds. The van der Waals surface area contributed by atoms with Crippen LogP contribution in [0.3, 0.4) is 0 Å². The first-order valence-electron chi connectivity index (χ1n) is 9.03. The molecule has 0 aliphatic carbocycles. The summed E-state index contributed by atoms with van der Waals surface area (Å²) in [5.41, 5.74) is 0.570. The normalized spacial score (nSPS) is 15.6. The van der Waals surface area contributed by atoms with E-state index in [0.717, 1.165) is 0 Å². The van der Waals surface area contributed by atoms with Crippen molar-refractivity contribution in [2.75, 3.05) is 23.9 Å². The molecule has 152 valence electrons. The third-order valence-electron chi connectivity index (χ3n) is 4.45. The average Bonchev–Trinajstić information content (AvgIpc) is 2.88. The minimum absolute atomic E-state index is 0.0355. The molecular formula is C20H17FN6O3. The molecular weight excluding hydrogens is 391 g/mol. The van der Waals surface area contributed by atoms with Crippen molar-refractivity contribution in [1.82, 2.24) is 20.5 Å². The number of ether oxygens (including phenoxy) is 1. The van der Waals surface area contributed by atoms with E-state index in [1.54, 1.807) is 43.6 Å². The maximum atomic E-state index is 13.8. The number of rotatable bonds is 4. The SMILES string of the molecule is CN1C(=O)[C@@H](NC(=O)c2cc(Nc3ccccc3F)cnn2)COc2cccnc21. The highest BCUT2D eigenvalue weighted by molar-refractivity contribution is 6.02. The van der Waals surface area contributed by atoms with Crippen LogP contribution < -0.4 is 20.3 Å². The van der Waals surface area contributed by atoms with Crippen molar-refractivity contribution in [3.8, 4) is 5.75 Å². The number of nitrogens with zero attached hydrogens (tertiary/aromatic N) is 4. The zero-order valence-electron chi connectivity index (χ0n) is 15.9.